The average Bonchev–Trinajstić information content (AvgIpc) is 2.54. The van der Waals surface area contributed by atoms with Crippen molar-refractivity contribution in [2.24, 2.45) is 5.92 Å². The van der Waals surface area contributed by atoms with Gasteiger partial charge in [-0.3, -0.25) is 14.7 Å². The maximum Gasteiger partial charge on any atom is 0.339 e. The van der Waals surface area contributed by atoms with E-state index in [-0.39, 0.29) is 11.9 Å². The molecule has 1 aromatic rings. The molecule has 114 valence electrons. The van der Waals surface area contributed by atoms with Crippen molar-refractivity contribution in [1.82, 2.24) is 9.88 Å². The number of rotatable bonds is 4. The topological polar surface area (TPSA) is 68.7 Å². The molecular weight excluding hydrogens is 272 g/mol. The average molecular weight is 292 g/mol. The second kappa shape index (κ2) is 7.17. The van der Waals surface area contributed by atoms with Crippen LogP contribution in [0.2, 0.25) is 0 Å². The van der Waals surface area contributed by atoms with Crippen LogP contribution in [0.25, 0.3) is 0 Å². The normalized spacial score (nSPS) is 19.0. The Labute approximate surface area is 124 Å². The fraction of sp³-hybridized carbons (Fsp3) is 0.533. The summed E-state index contributed by atoms with van der Waals surface area (Å²) in [6.45, 7) is 2.29. The lowest BCUT2D eigenvalue weighted by Gasteiger charge is -2.30. The third-order valence-electron chi connectivity index (χ3n) is 3.67. The predicted octanol–water partition coefficient (Wildman–Crippen LogP) is 1.25. The van der Waals surface area contributed by atoms with Crippen molar-refractivity contribution in [2.75, 3.05) is 27.3 Å². The number of piperidine rings is 1. The Balaban J connectivity index is 1.95. The van der Waals surface area contributed by atoms with E-state index in [1.165, 1.54) is 20.4 Å². The third kappa shape index (κ3) is 4.01. The Morgan fingerprint density at radius 1 is 1.33 bits per heavy atom. The van der Waals surface area contributed by atoms with E-state index in [1.807, 2.05) is 6.07 Å². The molecule has 0 aliphatic carbocycles. The lowest BCUT2D eigenvalue weighted by molar-refractivity contribution is -0.147. The molecule has 2 heterocycles. The second-order valence-electron chi connectivity index (χ2n) is 5.13. The molecule has 0 bridgehead atoms. The maximum atomic E-state index is 11.6. The number of carbonyl (C=O) groups is 2. The summed E-state index contributed by atoms with van der Waals surface area (Å²) in [6, 6.07) is 3.52. The molecule has 0 N–H and O–H groups in total. The van der Waals surface area contributed by atoms with E-state index >= 15 is 0 Å². The van der Waals surface area contributed by atoms with Gasteiger partial charge < -0.3 is 9.47 Å². The third-order valence-corrected chi connectivity index (χ3v) is 3.67. The number of hydrogen-bond donors (Lipinski definition) is 0. The van der Waals surface area contributed by atoms with Gasteiger partial charge in [0, 0.05) is 19.3 Å². The van der Waals surface area contributed by atoms with Crippen LogP contribution in [-0.4, -0.2) is 49.1 Å². The number of nitrogens with zero attached hydrogens (tertiary/aromatic N) is 2. The molecule has 21 heavy (non-hydrogen) atoms. The first kappa shape index (κ1) is 15.4. The van der Waals surface area contributed by atoms with Crippen LogP contribution in [0.5, 0.6) is 0 Å². The van der Waals surface area contributed by atoms with Crippen LogP contribution in [0.3, 0.4) is 0 Å². The molecular formula is C15H20N2O4. The van der Waals surface area contributed by atoms with Crippen molar-refractivity contribution in [2.45, 2.75) is 19.4 Å². The molecule has 0 radical (unpaired) electrons. The summed E-state index contributed by atoms with van der Waals surface area (Å²) in [5, 5.41) is 0. The molecule has 0 unspecified atom stereocenters. The van der Waals surface area contributed by atoms with E-state index in [1.54, 1.807) is 6.07 Å². The first-order valence-corrected chi connectivity index (χ1v) is 6.97. The fourth-order valence-electron chi connectivity index (χ4n) is 2.54. The van der Waals surface area contributed by atoms with Crippen molar-refractivity contribution < 1.29 is 19.1 Å². The number of esters is 2. The number of pyridine rings is 1. The van der Waals surface area contributed by atoms with Gasteiger partial charge in [-0.2, -0.15) is 0 Å². The number of methoxy groups -OCH3 is 2. The molecule has 1 aliphatic rings. The molecule has 1 aromatic heterocycles. The van der Waals surface area contributed by atoms with Crippen LogP contribution in [0.1, 0.15) is 28.9 Å². The number of carbonyl (C=O) groups excluding carboxylic acids is 2. The summed E-state index contributed by atoms with van der Waals surface area (Å²) in [7, 11) is 2.77. The highest BCUT2D eigenvalue weighted by molar-refractivity contribution is 5.88. The monoisotopic (exact) mass is 292 g/mol. The van der Waals surface area contributed by atoms with Crippen molar-refractivity contribution >= 4 is 11.9 Å². The summed E-state index contributed by atoms with van der Waals surface area (Å²) in [5.74, 6) is -0.593. The molecule has 1 saturated heterocycles. The minimum Gasteiger partial charge on any atom is -0.469 e. The number of ether oxygens (including phenoxy) is 2. The molecule has 6 heteroatoms. The quantitative estimate of drug-likeness (QED) is 0.778. The van der Waals surface area contributed by atoms with Gasteiger partial charge in [-0.1, -0.05) is 0 Å². The lowest BCUT2D eigenvalue weighted by Crippen LogP contribution is -2.38. The number of hydrogen-bond acceptors (Lipinski definition) is 6. The zero-order chi connectivity index (χ0) is 15.2. The Morgan fingerprint density at radius 2 is 2.14 bits per heavy atom. The highest BCUT2D eigenvalue weighted by atomic mass is 16.5. The van der Waals surface area contributed by atoms with Crippen LogP contribution in [-0.2, 0) is 20.8 Å². The first-order valence-electron chi connectivity index (χ1n) is 6.97. The molecule has 1 fully saturated rings. The van der Waals surface area contributed by atoms with Gasteiger partial charge in [0.25, 0.3) is 0 Å². The Kier molecular flexibility index (Phi) is 5.27. The highest BCUT2D eigenvalue weighted by Crippen LogP contribution is 2.19. The highest BCUT2D eigenvalue weighted by Gasteiger charge is 2.26. The van der Waals surface area contributed by atoms with Crippen LogP contribution >= 0.6 is 0 Å². The van der Waals surface area contributed by atoms with Crippen LogP contribution in [0.15, 0.2) is 18.3 Å². The van der Waals surface area contributed by atoms with Gasteiger partial charge in [0.15, 0.2) is 0 Å². The Bertz CT molecular complexity index is 501. The van der Waals surface area contributed by atoms with Gasteiger partial charge in [0.2, 0.25) is 0 Å². The standard InChI is InChI=1S/C15H20N2O4/c1-20-14(18)11-5-6-13(16-8-11)10-17-7-3-4-12(9-17)15(19)21-2/h5-6,8,12H,3-4,7,9-10H2,1-2H3/t12-/m0/s1. The molecule has 2 rings (SSSR count). The number of likely N-dealkylation sites (tertiary alicyclic amines) is 1. The molecule has 1 aliphatic heterocycles. The van der Waals surface area contributed by atoms with Gasteiger partial charge in [0.1, 0.15) is 0 Å². The van der Waals surface area contributed by atoms with Gasteiger partial charge >= 0.3 is 11.9 Å². The van der Waals surface area contributed by atoms with Gasteiger partial charge in [-0.15, -0.1) is 0 Å². The molecule has 0 spiro atoms. The fourth-order valence-corrected chi connectivity index (χ4v) is 2.54. The van der Waals surface area contributed by atoms with Crippen molar-refractivity contribution in [3.63, 3.8) is 0 Å². The van der Waals surface area contributed by atoms with Gasteiger partial charge in [-0.05, 0) is 31.5 Å². The molecule has 6 nitrogen and oxygen atoms in total. The minimum absolute atomic E-state index is 0.0573. The zero-order valence-corrected chi connectivity index (χ0v) is 12.4. The second-order valence-corrected chi connectivity index (χ2v) is 5.13. The summed E-state index contributed by atoms with van der Waals surface area (Å²) < 4.78 is 9.45. The lowest BCUT2D eigenvalue weighted by atomic mass is 9.98. The molecule has 0 amide bonds. The first-order chi connectivity index (χ1) is 10.1. The maximum absolute atomic E-state index is 11.6. The van der Waals surface area contributed by atoms with Crippen molar-refractivity contribution in [3.05, 3.63) is 29.6 Å². The van der Waals surface area contributed by atoms with Crippen LogP contribution < -0.4 is 0 Å². The summed E-state index contributed by atoms with van der Waals surface area (Å²) in [4.78, 5) is 29.4. The van der Waals surface area contributed by atoms with Crippen LogP contribution in [0.4, 0.5) is 0 Å². The smallest absolute Gasteiger partial charge is 0.339 e. The summed E-state index contributed by atoms with van der Waals surface area (Å²) in [5.41, 5.74) is 1.31. The predicted molar refractivity (Wildman–Crippen MR) is 75.6 cm³/mol. The SMILES string of the molecule is COC(=O)c1ccc(CN2CCC[C@H](C(=O)OC)C2)nc1. The Morgan fingerprint density at radius 3 is 2.76 bits per heavy atom. The van der Waals surface area contributed by atoms with E-state index in [0.717, 1.165) is 25.1 Å². The molecule has 1 atom stereocenters. The largest absolute Gasteiger partial charge is 0.469 e. The zero-order valence-electron chi connectivity index (χ0n) is 12.4. The summed E-state index contributed by atoms with van der Waals surface area (Å²) >= 11 is 0. The van der Waals surface area contributed by atoms with E-state index in [4.69, 9.17) is 4.74 Å². The van der Waals surface area contributed by atoms with Crippen LogP contribution in [0, 0.1) is 5.92 Å². The van der Waals surface area contributed by atoms with Gasteiger partial charge in [-0.25, -0.2) is 4.79 Å². The van der Waals surface area contributed by atoms with Crippen molar-refractivity contribution in [1.29, 1.82) is 0 Å². The van der Waals surface area contributed by atoms with E-state index in [9.17, 15) is 9.59 Å². The minimum atomic E-state index is -0.391. The van der Waals surface area contributed by atoms with E-state index in [2.05, 4.69) is 14.6 Å². The van der Waals surface area contributed by atoms with E-state index < -0.39 is 5.97 Å². The number of aromatic nitrogens is 1. The molecule has 0 saturated carbocycles. The molecule has 0 aromatic carbocycles. The summed E-state index contributed by atoms with van der Waals surface area (Å²) in [6.07, 6.45) is 3.36. The van der Waals surface area contributed by atoms with Gasteiger partial charge in [0.05, 0.1) is 31.4 Å². The van der Waals surface area contributed by atoms with Crippen molar-refractivity contribution in [3.8, 4) is 0 Å². The Hall–Kier alpha value is -1.95. The van der Waals surface area contributed by atoms with E-state index in [0.29, 0.717) is 18.7 Å².